The first-order valence-corrected chi connectivity index (χ1v) is 16.0. The molecule has 49 heavy (non-hydrogen) atoms. The Bertz CT molecular complexity index is 1090. The van der Waals surface area contributed by atoms with Crippen molar-refractivity contribution in [2.45, 2.75) is 101 Å². The van der Waals surface area contributed by atoms with Crippen molar-refractivity contribution in [2.75, 3.05) is 32.8 Å². The summed E-state index contributed by atoms with van der Waals surface area (Å²) in [4.78, 5) is 80.3. The minimum Gasteiger partial charge on any atom is -0.480 e. The van der Waals surface area contributed by atoms with Gasteiger partial charge in [-0.15, -0.1) is 0 Å². The van der Waals surface area contributed by atoms with Crippen molar-refractivity contribution >= 4 is 41.5 Å². The molecule has 0 radical (unpaired) electrons. The van der Waals surface area contributed by atoms with E-state index in [2.05, 4.69) is 31.6 Å². The molecule has 0 aliphatic carbocycles. The molecule has 19 N–H and O–H groups in total. The molecule has 0 aliphatic heterocycles. The second-order valence-corrected chi connectivity index (χ2v) is 11.3. The summed E-state index contributed by atoms with van der Waals surface area (Å²) in [6.45, 7) is 0.111. The molecule has 7 atom stereocenters. The molecule has 0 rings (SSSR count). The summed E-state index contributed by atoms with van der Waals surface area (Å²) in [5.41, 5.74) is 27.5. The van der Waals surface area contributed by atoms with Crippen molar-refractivity contribution in [1.82, 2.24) is 26.6 Å². The quantitative estimate of drug-likeness (QED) is 0.0226. The minimum absolute atomic E-state index is 0.0263. The van der Waals surface area contributed by atoms with Gasteiger partial charge in [0.05, 0.1) is 25.4 Å². The highest BCUT2D eigenvalue weighted by Gasteiger charge is 2.34. The third-order valence-corrected chi connectivity index (χ3v) is 7.14. The first kappa shape index (κ1) is 44.9. The van der Waals surface area contributed by atoms with E-state index < -0.39 is 91.1 Å². The van der Waals surface area contributed by atoms with Gasteiger partial charge in [0, 0.05) is 6.54 Å². The average Bonchev–Trinajstić information content (AvgIpc) is 3.04. The molecule has 21 heteroatoms. The van der Waals surface area contributed by atoms with E-state index in [-0.39, 0.29) is 44.7 Å². The number of nitrogens with zero attached hydrogens (tertiary/aromatic N) is 1. The van der Waals surface area contributed by atoms with Crippen molar-refractivity contribution in [2.24, 2.45) is 33.7 Å². The molecule has 0 spiro atoms. The van der Waals surface area contributed by atoms with Gasteiger partial charge < -0.3 is 75.7 Å². The van der Waals surface area contributed by atoms with Crippen LogP contribution < -0.4 is 55.3 Å². The highest BCUT2D eigenvalue weighted by molar-refractivity contribution is 5.96. The standard InChI is InChI=1S/C28H55N11O10/c1-15(42)21(39-25(46)19(13-40)37-22(43)16(31)7-2-4-10-29)26(47)36-18(9-6-12-34-28(32)33)23(44)35-17(8-3-5-11-30)24(45)38-20(14-41)27(48)49/h15-21,40-42H,2-14,29-31H2,1H3,(H,35,44)(H,36,47)(H,37,43)(H,38,45)(H,39,46)(H,48,49)(H4,32,33,34)/t15-,16+,17+,18+,19+,20+,21+/m1/s1. The number of aliphatic hydroxyl groups is 3. The Morgan fingerprint density at radius 3 is 1.55 bits per heavy atom. The van der Waals surface area contributed by atoms with Crippen molar-refractivity contribution in [3.63, 3.8) is 0 Å². The van der Waals surface area contributed by atoms with Crippen LogP contribution in [0.1, 0.15) is 58.3 Å². The van der Waals surface area contributed by atoms with Gasteiger partial charge in [0.2, 0.25) is 29.5 Å². The number of nitrogens with one attached hydrogen (secondary N) is 5. The lowest BCUT2D eigenvalue weighted by Crippen LogP contribution is -2.61. The summed E-state index contributed by atoms with van der Waals surface area (Å²) in [5, 5.41) is 50.2. The lowest BCUT2D eigenvalue weighted by Gasteiger charge is -2.28. The second-order valence-electron chi connectivity index (χ2n) is 11.3. The maximum absolute atomic E-state index is 13.5. The molecular weight excluding hydrogens is 650 g/mol. The van der Waals surface area contributed by atoms with Crippen molar-refractivity contribution in [3.8, 4) is 0 Å². The topological polar surface area (TPSA) is 386 Å². The van der Waals surface area contributed by atoms with Crippen molar-refractivity contribution in [1.29, 1.82) is 0 Å². The van der Waals surface area contributed by atoms with Crippen LogP contribution in [0.25, 0.3) is 0 Å². The Balaban J connectivity index is 5.99. The maximum atomic E-state index is 13.5. The number of aliphatic imine (C=N–C) groups is 1. The fourth-order valence-electron chi connectivity index (χ4n) is 4.30. The summed E-state index contributed by atoms with van der Waals surface area (Å²) < 4.78 is 0. The summed E-state index contributed by atoms with van der Waals surface area (Å²) in [5.74, 6) is -6.34. The number of carbonyl (C=O) groups excluding carboxylic acids is 5. The van der Waals surface area contributed by atoms with E-state index in [1.807, 2.05) is 0 Å². The second kappa shape index (κ2) is 24.9. The number of carboxylic acids is 1. The van der Waals surface area contributed by atoms with Crippen molar-refractivity contribution in [3.05, 3.63) is 0 Å². The van der Waals surface area contributed by atoms with Gasteiger partial charge >= 0.3 is 5.97 Å². The number of hydrogen-bond acceptors (Lipinski definition) is 13. The number of aliphatic carboxylic acids is 1. The van der Waals surface area contributed by atoms with Gasteiger partial charge in [-0.2, -0.15) is 0 Å². The summed E-state index contributed by atoms with van der Waals surface area (Å²) >= 11 is 0. The Kier molecular flexibility index (Phi) is 22.8. The van der Waals surface area contributed by atoms with Gasteiger partial charge in [-0.3, -0.25) is 29.0 Å². The van der Waals surface area contributed by atoms with E-state index >= 15 is 0 Å². The third-order valence-electron chi connectivity index (χ3n) is 7.14. The monoisotopic (exact) mass is 705 g/mol. The smallest absolute Gasteiger partial charge is 0.328 e. The Morgan fingerprint density at radius 1 is 0.633 bits per heavy atom. The number of amides is 5. The molecule has 21 nitrogen and oxygen atoms in total. The average molecular weight is 706 g/mol. The zero-order valence-corrected chi connectivity index (χ0v) is 27.8. The minimum atomic E-state index is -1.69. The highest BCUT2D eigenvalue weighted by Crippen LogP contribution is 2.07. The number of carboxylic acid groups (broad SMARTS) is 1. The SMILES string of the molecule is C[C@@H](O)[C@H](NC(=O)[C@H](CO)NC(=O)[C@@H](N)CCCCN)C(=O)N[C@@H](CCCN=C(N)N)C(=O)N[C@@H](CCCCN)C(=O)N[C@@H](CO)C(=O)O. The van der Waals surface area contributed by atoms with Crippen LogP contribution in [-0.4, -0.2) is 137 Å². The number of hydrogen-bond donors (Lipinski definition) is 14. The summed E-state index contributed by atoms with van der Waals surface area (Å²) in [6.07, 6.45) is 0.792. The molecule has 0 saturated heterocycles. The van der Waals surface area contributed by atoms with Crippen LogP contribution in [0.15, 0.2) is 4.99 Å². The van der Waals surface area contributed by atoms with Crippen LogP contribution >= 0.6 is 0 Å². The molecule has 0 aromatic carbocycles. The fourth-order valence-corrected chi connectivity index (χ4v) is 4.30. The molecular formula is C28H55N11O10. The molecule has 0 aliphatic rings. The molecule has 282 valence electrons. The van der Waals surface area contributed by atoms with Crippen molar-refractivity contribution < 1.29 is 49.2 Å². The van der Waals surface area contributed by atoms with Crippen LogP contribution in [0.3, 0.4) is 0 Å². The molecule has 0 aromatic rings. The normalized spacial score (nSPS) is 15.2. The van der Waals surface area contributed by atoms with E-state index in [1.165, 1.54) is 6.92 Å². The molecule has 0 heterocycles. The fraction of sp³-hybridized carbons (Fsp3) is 0.750. The van der Waals surface area contributed by atoms with E-state index in [0.29, 0.717) is 32.2 Å². The highest BCUT2D eigenvalue weighted by atomic mass is 16.4. The zero-order valence-electron chi connectivity index (χ0n) is 27.8. The van der Waals surface area contributed by atoms with Crippen LogP contribution in [0.4, 0.5) is 0 Å². The molecule has 0 bridgehead atoms. The molecule has 5 amide bonds. The number of rotatable bonds is 26. The molecule has 0 unspecified atom stereocenters. The van der Waals surface area contributed by atoms with E-state index in [9.17, 15) is 49.2 Å². The van der Waals surface area contributed by atoms with Gasteiger partial charge in [0.25, 0.3) is 0 Å². The predicted octanol–water partition coefficient (Wildman–Crippen LogP) is -6.50. The van der Waals surface area contributed by atoms with Gasteiger partial charge in [0.1, 0.15) is 30.2 Å². The summed E-state index contributed by atoms with van der Waals surface area (Å²) in [7, 11) is 0. The zero-order chi connectivity index (χ0) is 37.5. The number of aliphatic hydroxyl groups excluding tert-OH is 3. The first-order chi connectivity index (χ1) is 23.1. The Morgan fingerprint density at radius 2 is 1.08 bits per heavy atom. The van der Waals surface area contributed by atoms with Crippen LogP contribution in [0.2, 0.25) is 0 Å². The Hall–Kier alpha value is -4.15. The van der Waals surface area contributed by atoms with Gasteiger partial charge in [-0.05, 0) is 65.0 Å². The maximum Gasteiger partial charge on any atom is 0.328 e. The predicted molar refractivity (Wildman–Crippen MR) is 177 cm³/mol. The van der Waals surface area contributed by atoms with Gasteiger partial charge in [-0.1, -0.05) is 6.42 Å². The lowest BCUT2D eigenvalue weighted by molar-refractivity contribution is -0.143. The van der Waals surface area contributed by atoms with Crippen LogP contribution in [0.5, 0.6) is 0 Å². The molecule has 0 saturated carbocycles. The van der Waals surface area contributed by atoms with E-state index in [4.69, 9.17) is 28.7 Å². The molecule has 0 aromatic heterocycles. The van der Waals surface area contributed by atoms with Gasteiger partial charge in [-0.25, -0.2) is 4.79 Å². The summed E-state index contributed by atoms with van der Waals surface area (Å²) in [6, 6.07) is -8.56. The Labute approximate surface area is 284 Å². The third kappa shape index (κ3) is 18.3. The van der Waals surface area contributed by atoms with Crippen LogP contribution in [-0.2, 0) is 28.8 Å². The van der Waals surface area contributed by atoms with E-state index in [0.717, 1.165) is 0 Å². The van der Waals surface area contributed by atoms with Gasteiger partial charge in [0.15, 0.2) is 5.96 Å². The van der Waals surface area contributed by atoms with E-state index in [1.54, 1.807) is 0 Å². The number of carbonyl (C=O) groups is 6. The number of unbranched alkanes of at least 4 members (excludes halogenated alkanes) is 2. The number of guanidine groups is 1. The lowest BCUT2D eigenvalue weighted by atomic mass is 10.0. The largest absolute Gasteiger partial charge is 0.480 e. The molecule has 0 fully saturated rings. The van der Waals surface area contributed by atoms with Crippen LogP contribution in [0, 0.1) is 0 Å². The number of nitrogens with two attached hydrogens (primary N) is 5. The first-order valence-electron chi connectivity index (χ1n) is 16.0.